The van der Waals surface area contributed by atoms with Crippen molar-refractivity contribution in [1.82, 2.24) is 10.2 Å². The van der Waals surface area contributed by atoms with Gasteiger partial charge in [-0.3, -0.25) is 4.90 Å². The van der Waals surface area contributed by atoms with Crippen molar-refractivity contribution in [2.75, 3.05) is 33.3 Å². The zero-order valence-corrected chi connectivity index (χ0v) is 12.9. The van der Waals surface area contributed by atoms with Crippen molar-refractivity contribution in [3.05, 3.63) is 0 Å². The molecule has 1 aliphatic heterocycles. The van der Waals surface area contributed by atoms with Crippen molar-refractivity contribution in [3.8, 4) is 0 Å². The molecule has 0 spiro atoms. The van der Waals surface area contributed by atoms with E-state index < -0.39 is 0 Å². The van der Waals surface area contributed by atoms with Crippen LogP contribution in [0.1, 0.15) is 51.9 Å². The lowest BCUT2D eigenvalue weighted by Crippen LogP contribution is -2.49. The fraction of sp³-hybridized carbons (Fsp3) is 1.00. The standard InChI is InChI=1S/C16H32N2O/c1-3-12-18(13-14-8-10-17-11-9-14)15-6-4-5-7-16(15)19-2/h14-17H,3-13H2,1-2H3. The Bertz CT molecular complexity index is 241. The molecule has 1 saturated carbocycles. The van der Waals surface area contributed by atoms with Crippen molar-refractivity contribution >= 4 is 0 Å². The van der Waals surface area contributed by atoms with Crippen LogP contribution in [0.2, 0.25) is 0 Å². The number of methoxy groups -OCH3 is 1. The lowest BCUT2D eigenvalue weighted by Gasteiger charge is -2.41. The lowest BCUT2D eigenvalue weighted by atomic mass is 9.89. The lowest BCUT2D eigenvalue weighted by molar-refractivity contribution is -0.0176. The van der Waals surface area contributed by atoms with Gasteiger partial charge in [-0.05, 0) is 57.7 Å². The number of hydrogen-bond donors (Lipinski definition) is 1. The molecule has 1 aliphatic carbocycles. The molecule has 0 bridgehead atoms. The molecule has 3 heteroatoms. The molecule has 0 amide bonds. The maximum absolute atomic E-state index is 5.77. The minimum atomic E-state index is 0.474. The molecule has 112 valence electrons. The summed E-state index contributed by atoms with van der Waals surface area (Å²) in [5, 5.41) is 3.48. The Morgan fingerprint density at radius 2 is 1.84 bits per heavy atom. The first kappa shape index (κ1) is 15.3. The minimum absolute atomic E-state index is 0.474. The highest BCUT2D eigenvalue weighted by Gasteiger charge is 2.31. The number of nitrogens with zero attached hydrogens (tertiary/aromatic N) is 1. The van der Waals surface area contributed by atoms with Crippen LogP contribution in [0.3, 0.4) is 0 Å². The molecule has 1 N–H and O–H groups in total. The Hall–Kier alpha value is -0.120. The van der Waals surface area contributed by atoms with Crippen LogP contribution < -0.4 is 5.32 Å². The zero-order chi connectivity index (χ0) is 13.5. The van der Waals surface area contributed by atoms with Gasteiger partial charge in [-0.15, -0.1) is 0 Å². The number of ether oxygens (including phenoxy) is 1. The first-order chi connectivity index (χ1) is 9.35. The summed E-state index contributed by atoms with van der Waals surface area (Å²) >= 11 is 0. The van der Waals surface area contributed by atoms with Crippen LogP contribution in [0.25, 0.3) is 0 Å². The van der Waals surface area contributed by atoms with Gasteiger partial charge in [0.25, 0.3) is 0 Å². The van der Waals surface area contributed by atoms with E-state index in [9.17, 15) is 0 Å². The highest BCUT2D eigenvalue weighted by molar-refractivity contribution is 4.86. The third kappa shape index (κ3) is 4.44. The predicted octanol–water partition coefficient (Wildman–Crippen LogP) is 2.66. The smallest absolute Gasteiger partial charge is 0.0726 e. The second-order valence-electron chi connectivity index (χ2n) is 6.31. The van der Waals surface area contributed by atoms with Gasteiger partial charge in [0.2, 0.25) is 0 Å². The molecule has 2 rings (SSSR count). The first-order valence-electron chi connectivity index (χ1n) is 8.32. The Labute approximate surface area is 119 Å². The summed E-state index contributed by atoms with van der Waals surface area (Å²) in [5.41, 5.74) is 0. The van der Waals surface area contributed by atoms with Gasteiger partial charge in [-0.2, -0.15) is 0 Å². The Morgan fingerprint density at radius 3 is 2.53 bits per heavy atom. The monoisotopic (exact) mass is 268 g/mol. The highest BCUT2D eigenvalue weighted by atomic mass is 16.5. The summed E-state index contributed by atoms with van der Waals surface area (Å²) in [6, 6.07) is 0.675. The quantitative estimate of drug-likeness (QED) is 0.801. The van der Waals surface area contributed by atoms with E-state index in [4.69, 9.17) is 4.74 Å². The van der Waals surface area contributed by atoms with Gasteiger partial charge < -0.3 is 10.1 Å². The van der Waals surface area contributed by atoms with Gasteiger partial charge in [0, 0.05) is 19.7 Å². The Kier molecular flexibility index (Phi) is 6.62. The molecule has 2 aliphatic rings. The van der Waals surface area contributed by atoms with Gasteiger partial charge in [-0.25, -0.2) is 0 Å². The molecule has 2 unspecified atom stereocenters. The maximum atomic E-state index is 5.77. The number of rotatable bonds is 6. The fourth-order valence-corrected chi connectivity index (χ4v) is 3.85. The highest BCUT2D eigenvalue weighted by Crippen LogP contribution is 2.27. The molecule has 19 heavy (non-hydrogen) atoms. The van der Waals surface area contributed by atoms with E-state index in [1.165, 1.54) is 71.1 Å². The van der Waals surface area contributed by atoms with E-state index in [0.717, 1.165) is 5.92 Å². The van der Waals surface area contributed by atoms with Gasteiger partial charge in [0.05, 0.1) is 6.10 Å². The van der Waals surface area contributed by atoms with Crippen molar-refractivity contribution in [1.29, 1.82) is 0 Å². The molecule has 0 aromatic rings. The van der Waals surface area contributed by atoms with E-state index in [2.05, 4.69) is 17.1 Å². The van der Waals surface area contributed by atoms with Crippen molar-refractivity contribution in [2.24, 2.45) is 5.92 Å². The zero-order valence-electron chi connectivity index (χ0n) is 12.9. The molecule has 1 heterocycles. The second kappa shape index (κ2) is 8.23. The van der Waals surface area contributed by atoms with Crippen LogP contribution in [0.4, 0.5) is 0 Å². The summed E-state index contributed by atoms with van der Waals surface area (Å²) < 4.78 is 5.77. The summed E-state index contributed by atoms with van der Waals surface area (Å²) in [4.78, 5) is 2.75. The minimum Gasteiger partial charge on any atom is -0.380 e. The summed E-state index contributed by atoms with van der Waals surface area (Å²) in [7, 11) is 1.90. The van der Waals surface area contributed by atoms with Crippen molar-refractivity contribution < 1.29 is 4.74 Å². The fourth-order valence-electron chi connectivity index (χ4n) is 3.85. The average molecular weight is 268 g/mol. The van der Waals surface area contributed by atoms with Gasteiger partial charge in [0.15, 0.2) is 0 Å². The van der Waals surface area contributed by atoms with Crippen LogP contribution in [0, 0.1) is 5.92 Å². The molecule has 0 aromatic heterocycles. The molecule has 2 fully saturated rings. The van der Waals surface area contributed by atoms with Crippen LogP contribution in [-0.4, -0.2) is 50.3 Å². The topological polar surface area (TPSA) is 24.5 Å². The number of nitrogens with one attached hydrogen (secondary N) is 1. The van der Waals surface area contributed by atoms with E-state index in [-0.39, 0.29) is 0 Å². The molecule has 0 aromatic carbocycles. The number of hydrogen-bond acceptors (Lipinski definition) is 3. The van der Waals surface area contributed by atoms with Crippen LogP contribution in [0.5, 0.6) is 0 Å². The third-order valence-electron chi connectivity index (χ3n) is 4.90. The molecule has 1 saturated heterocycles. The van der Waals surface area contributed by atoms with Crippen molar-refractivity contribution in [2.45, 2.75) is 64.0 Å². The predicted molar refractivity (Wildman–Crippen MR) is 80.5 cm³/mol. The molecule has 3 nitrogen and oxygen atoms in total. The van der Waals surface area contributed by atoms with Crippen LogP contribution in [-0.2, 0) is 4.74 Å². The van der Waals surface area contributed by atoms with Gasteiger partial charge >= 0.3 is 0 Å². The molecular weight excluding hydrogens is 236 g/mol. The molecular formula is C16H32N2O. The molecule has 0 radical (unpaired) electrons. The van der Waals surface area contributed by atoms with E-state index in [1.807, 2.05) is 7.11 Å². The van der Waals surface area contributed by atoms with E-state index in [1.54, 1.807) is 0 Å². The summed E-state index contributed by atoms with van der Waals surface area (Å²) in [6.07, 6.45) is 9.77. The largest absolute Gasteiger partial charge is 0.380 e. The van der Waals surface area contributed by atoms with Crippen LogP contribution in [0.15, 0.2) is 0 Å². The Morgan fingerprint density at radius 1 is 1.11 bits per heavy atom. The maximum Gasteiger partial charge on any atom is 0.0726 e. The molecule has 2 atom stereocenters. The average Bonchev–Trinajstić information content (AvgIpc) is 2.48. The van der Waals surface area contributed by atoms with Crippen LogP contribution >= 0.6 is 0 Å². The van der Waals surface area contributed by atoms with Gasteiger partial charge in [-0.1, -0.05) is 19.8 Å². The Balaban J connectivity index is 1.92. The second-order valence-corrected chi connectivity index (χ2v) is 6.31. The van der Waals surface area contributed by atoms with E-state index in [0.29, 0.717) is 12.1 Å². The van der Waals surface area contributed by atoms with E-state index >= 15 is 0 Å². The number of piperidine rings is 1. The summed E-state index contributed by atoms with van der Waals surface area (Å²) in [6.45, 7) is 7.26. The third-order valence-corrected chi connectivity index (χ3v) is 4.90. The summed E-state index contributed by atoms with van der Waals surface area (Å²) in [5.74, 6) is 0.896. The van der Waals surface area contributed by atoms with Gasteiger partial charge in [0.1, 0.15) is 0 Å². The normalized spacial score (nSPS) is 29.8. The van der Waals surface area contributed by atoms with Crippen molar-refractivity contribution in [3.63, 3.8) is 0 Å². The first-order valence-corrected chi connectivity index (χ1v) is 8.32. The SMILES string of the molecule is CCCN(CC1CCNCC1)C1CCCCC1OC.